The standard InChI is InChI=1S/C14H23NS2/c1-14(2,12-16-10-6-9-15)17-11-13-7-4-3-5-8-13/h3-5,7-8H,6,9-12,15H2,1-2H3. The molecule has 1 rings (SSSR count). The van der Waals surface area contributed by atoms with E-state index in [4.69, 9.17) is 5.73 Å². The van der Waals surface area contributed by atoms with Gasteiger partial charge in [0.2, 0.25) is 0 Å². The van der Waals surface area contributed by atoms with E-state index in [1.54, 1.807) is 0 Å². The van der Waals surface area contributed by atoms with E-state index in [1.807, 2.05) is 23.5 Å². The van der Waals surface area contributed by atoms with Crippen molar-refractivity contribution in [2.24, 2.45) is 5.73 Å². The summed E-state index contributed by atoms with van der Waals surface area (Å²) in [5, 5.41) is 0. The summed E-state index contributed by atoms with van der Waals surface area (Å²) in [7, 11) is 0. The lowest BCUT2D eigenvalue weighted by Crippen LogP contribution is -2.19. The van der Waals surface area contributed by atoms with Crippen molar-refractivity contribution in [3.63, 3.8) is 0 Å². The maximum atomic E-state index is 5.49. The lowest BCUT2D eigenvalue weighted by atomic mass is 10.2. The van der Waals surface area contributed by atoms with Crippen LogP contribution in [0.3, 0.4) is 0 Å². The lowest BCUT2D eigenvalue weighted by molar-refractivity contribution is 0.813. The summed E-state index contributed by atoms with van der Waals surface area (Å²) in [4.78, 5) is 0. The number of benzene rings is 1. The van der Waals surface area contributed by atoms with Crippen LogP contribution < -0.4 is 5.73 Å². The molecule has 96 valence electrons. The average molecular weight is 269 g/mol. The highest BCUT2D eigenvalue weighted by Crippen LogP contribution is 2.31. The maximum Gasteiger partial charge on any atom is 0.0197 e. The van der Waals surface area contributed by atoms with Crippen LogP contribution in [0, 0.1) is 0 Å². The van der Waals surface area contributed by atoms with Crippen LogP contribution in [0.5, 0.6) is 0 Å². The van der Waals surface area contributed by atoms with Crippen molar-refractivity contribution in [1.29, 1.82) is 0 Å². The Balaban J connectivity index is 2.24. The van der Waals surface area contributed by atoms with Crippen LogP contribution in [0.25, 0.3) is 0 Å². The summed E-state index contributed by atoms with van der Waals surface area (Å²) in [6, 6.07) is 10.7. The summed E-state index contributed by atoms with van der Waals surface area (Å²) in [6.07, 6.45) is 1.13. The molecule has 0 bridgehead atoms. The number of nitrogens with two attached hydrogens (primary N) is 1. The van der Waals surface area contributed by atoms with Gasteiger partial charge in [-0.3, -0.25) is 0 Å². The summed E-state index contributed by atoms with van der Waals surface area (Å²) in [5.74, 6) is 3.49. The van der Waals surface area contributed by atoms with Crippen molar-refractivity contribution in [2.45, 2.75) is 30.8 Å². The van der Waals surface area contributed by atoms with E-state index < -0.39 is 0 Å². The fourth-order valence-electron chi connectivity index (χ4n) is 1.40. The molecular formula is C14H23NS2. The molecule has 1 aromatic rings. The Morgan fingerprint density at radius 2 is 1.88 bits per heavy atom. The van der Waals surface area contributed by atoms with Crippen molar-refractivity contribution in [1.82, 2.24) is 0 Å². The minimum atomic E-state index is 0.342. The number of hydrogen-bond acceptors (Lipinski definition) is 3. The van der Waals surface area contributed by atoms with E-state index in [1.165, 1.54) is 17.1 Å². The second kappa shape index (κ2) is 8.06. The topological polar surface area (TPSA) is 26.0 Å². The first-order chi connectivity index (χ1) is 8.14. The molecule has 17 heavy (non-hydrogen) atoms. The number of hydrogen-bond donors (Lipinski definition) is 1. The predicted octanol–water partition coefficient (Wildman–Crippen LogP) is 3.78. The Morgan fingerprint density at radius 1 is 1.18 bits per heavy atom. The Labute approximate surface area is 114 Å². The van der Waals surface area contributed by atoms with Gasteiger partial charge in [0.25, 0.3) is 0 Å². The molecule has 0 aliphatic rings. The summed E-state index contributed by atoms with van der Waals surface area (Å²) in [6.45, 7) is 5.47. The minimum Gasteiger partial charge on any atom is -0.330 e. The highest BCUT2D eigenvalue weighted by molar-refractivity contribution is 8.03. The van der Waals surface area contributed by atoms with E-state index >= 15 is 0 Å². The molecular weight excluding hydrogens is 246 g/mol. The van der Waals surface area contributed by atoms with Gasteiger partial charge in [0.1, 0.15) is 0 Å². The predicted molar refractivity (Wildman–Crippen MR) is 82.8 cm³/mol. The third-order valence-electron chi connectivity index (χ3n) is 2.41. The van der Waals surface area contributed by atoms with Crippen LogP contribution in [0.1, 0.15) is 25.8 Å². The van der Waals surface area contributed by atoms with Gasteiger partial charge >= 0.3 is 0 Å². The van der Waals surface area contributed by atoms with Gasteiger partial charge in [-0.05, 0) is 38.1 Å². The Kier molecular flexibility index (Phi) is 7.09. The first kappa shape index (κ1) is 14.9. The van der Waals surface area contributed by atoms with Crippen LogP contribution in [0.4, 0.5) is 0 Å². The number of thioether (sulfide) groups is 2. The molecule has 0 saturated heterocycles. The van der Waals surface area contributed by atoms with Gasteiger partial charge in [-0.15, -0.1) is 0 Å². The zero-order valence-corrected chi connectivity index (χ0v) is 12.4. The van der Waals surface area contributed by atoms with Crippen LogP contribution in [0.15, 0.2) is 30.3 Å². The van der Waals surface area contributed by atoms with Crippen LogP contribution in [-0.2, 0) is 5.75 Å². The van der Waals surface area contributed by atoms with Crippen molar-refractivity contribution in [3.8, 4) is 0 Å². The molecule has 0 amide bonds. The van der Waals surface area contributed by atoms with Gasteiger partial charge in [0, 0.05) is 16.3 Å². The molecule has 3 heteroatoms. The number of rotatable bonds is 8. The largest absolute Gasteiger partial charge is 0.330 e. The highest BCUT2D eigenvalue weighted by Gasteiger charge is 2.18. The molecule has 0 heterocycles. The fourth-order valence-corrected chi connectivity index (χ4v) is 3.74. The van der Waals surface area contributed by atoms with E-state index in [0.29, 0.717) is 4.75 Å². The normalized spacial score (nSPS) is 11.7. The molecule has 2 N–H and O–H groups in total. The molecule has 1 aromatic carbocycles. The van der Waals surface area contributed by atoms with Crippen molar-refractivity contribution in [3.05, 3.63) is 35.9 Å². The molecule has 0 radical (unpaired) electrons. The quantitative estimate of drug-likeness (QED) is 0.727. The third-order valence-corrected chi connectivity index (χ3v) is 5.50. The first-order valence-electron chi connectivity index (χ1n) is 6.10. The fraction of sp³-hybridized carbons (Fsp3) is 0.571. The van der Waals surface area contributed by atoms with E-state index in [0.717, 1.165) is 18.7 Å². The second-order valence-corrected chi connectivity index (χ2v) is 7.52. The summed E-state index contributed by atoms with van der Waals surface area (Å²) < 4.78 is 0.342. The maximum absolute atomic E-state index is 5.49. The van der Waals surface area contributed by atoms with Crippen molar-refractivity contribution < 1.29 is 0 Å². The molecule has 0 spiro atoms. The van der Waals surface area contributed by atoms with Crippen LogP contribution in [-0.4, -0.2) is 22.8 Å². The molecule has 0 aliphatic heterocycles. The zero-order valence-electron chi connectivity index (χ0n) is 10.8. The van der Waals surface area contributed by atoms with Crippen LogP contribution in [0.2, 0.25) is 0 Å². The van der Waals surface area contributed by atoms with Gasteiger partial charge in [0.15, 0.2) is 0 Å². The monoisotopic (exact) mass is 269 g/mol. The van der Waals surface area contributed by atoms with E-state index in [9.17, 15) is 0 Å². The first-order valence-corrected chi connectivity index (χ1v) is 8.24. The van der Waals surface area contributed by atoms with Crippen LogP contribution >= 0.6 is 23.5 Å². The Hall–Kier alpha value is -0.120. The third kappa shape index (κ3) is 7.02. The van der Waals surface area contributed by atoms with Gasteiger partial charge in [-0.2, -0.15) is 23.5 Å². The summed E-state index contributed by atoms with van der Waals surface area (Å²) >= 11 is 4.06. The molecule has 1 nitrogen and oxygen atoms in total. The van der Waals surface area contributed by atoms with Gasteiger partial charge in [-0.1, -0.05) is 30.3 Å². The zero-order chi connectivity index (χ0) is 12.6. The van der Waals surface area contributed by atoms with Gasteiger partial charge in [0.05, 0.1) is 0 Å². The second-order valence-electron chi connectivity index (χ2n) is 4.73. The smallest absolute Gasteiger partial charge is 0.0197 e. The molecule has 0 unspecified atom stereocenters. The average Bonchev–Trinajstić information content (AvgIpc) is 2.34. The lowest BCUT2D eigenvalue weighted by Gasteiger charge is -2.23. The van der Waals surface area contributed by atoms with Crippen molar-refractivity contribution >= 4 is 23.5 Å². The van der Waals surface area contributed by atoms with Crippen molar-refractivity contribution in [2.75, 3.05) is 18.1 Å². The van der Waals surface area contributed by atoms with E-state index in [2.05, 4.69) is 44.2 Å². The van der Waals surface area contributed by atoms with E-state index in [-0.39, 0.29) is 0 Å². The SMILES string of the molecule is CC(C)(CSCCCN)SCc1ccccc1. The highest BCUT2D eigenvalue weighted by atomic mass is 32.2. The molecule has 0 saturated carbocycles. The van der Waals surface area contributed by atoms with Gasteiger partial charge in [-0.25, -0.2) is 0 Å². The minimum absolute atomic E-state index is 0.342. The molecule has 0 atom stereocenters. The van der Waals surface area contributed by atoms with Gasteiger partial charge < -0.3 is 5.73 Å². The molecule has 0 aliphatic carbocycles. The Bertz CT molecular complexity index is 298. The Morgan fingerprint density at radius 3 is 2.53 bits per heavy atom. The molecule has 0 aromatic heterocycles. The molecule has 0 fully saturated rings. The summed E-state index contributed by atoms with van der Waals surface area (Å²) in [5.41, 5.74) is 6.91.